The summed E-state index contributed by atoms with van der Waals surface area (Å²) in [6.45, 7) is 2.91. The van der Waals surface area contributed by atoms with Crippen molar-refractivity contribution in [1.82, 2.24) is 0 Å². The minimum Gasteiger partial charge on any atom is -0.382 e. The SMILES string of the molecule is CC1CCC(O)(C(=O)C2CCOC3(CCCC3)C2)CC1. The molecule has 3 nitrogen and oxygen atoms in total. The van der Waals surface area contributed by atoms with Gasteiger partial charge in [-0.15, -0.1) is 0 Å². The molecule has 1 unspecified atom stereocenters. The van der Waals surface area contributed by atoms with Gasteiger partial charge in [0.2, 0.25) is 0 Å². The predicted octanol–water partition coefficient (Wildman–Crippen LogP) is 3.24. The molecule has 1 atom stereocenters. The van der Waals surface area contributed by atoms with Crippen molar-refractivity contribution in [3.05, 3.63) is 0 Å². The minimum atomic E-state index is -1.03. The number of carbonyl (C=O) groups is 1. The maximum absolute atomic E-state index is 12.8. The lowest BCUT2D eigenvalue weighted by Crippen LogP contribution is -2.49. The van der Waals surface area contributed by atoms with E-state index in [9.17, 15) is 9.90 Å². The summed E-state index contributed by atoms with van der Waals surface area (Å²) in [5.41, 5.74) is -1.06. The Hall–Kier alpha value is -0.410. The number of ketones is 1. The topological polar surface area (TPSA) is 46.5 Å². The molecule has 1 N–H and O–H groups in total. The zero-order chi connectivity index (χ0) is 14.2. The largest absolute Gasteiger partial charge is 0.382 e. The van der Waals surface area contributed by atoms with Crippen LogP contribution in [0.1, 0.15) is 71.1 Å². The van der Waals surface area contributed by atoms with E-state index in [1.165, 1.54) is 12.8 Å². The highest BCUT2D eigenvalue weighted by Gasteiger charge is 2.47. The highest BCUT2D eigenvalue weighted by molar-refractivity contribution is 5.89. The molecule has 3 fully saturated rings. The van der Waals surface area contributed by atoms with Crippen LogP contribution >= 0.6 is 0 Å². The van der Waals surface area contributed by atoms with Crippen LogP contribution in [0.15, 0.2) is 0 Å². The first-order chi connectivity index (χ1) is 9.53. The number of ether oxygens (including phenoxy) is 1. The second kappa shape index (κ2) is 5.42. The Morgan fingerprint density at radius 2 is 1.75 bits per heavy atom. The molecule has 2 aliphatic carbocycles. The highest BCUT2D eigenvalue weighted by atomic mass is 16.5. The standard InChI is InChI=1S/C17H28O3/c1-13-4-9-17(19,10-5-13)15(18)14-6-11-20-16(12-14)7-2-3-8-16/h13-14,19H,2-12H2,1H3. The van der Waals surface area contributed by atoms with Crippen LogP contribution in [0.5, 0.6) is 0 Å². The summed E-state index contributed by atoms with van der Waals surface area (Å²) in [6.07, 6.45) is 9.61. The summed E-state index contributed by atoms with van der Waals surface area (Å²) in [5.74, 6) is 0.804. The van der Waals surface area contributed by atoms with Gasteiger partial charge >= 0.3 is 0 Å². The van der Waals surface area contributed by atoms with Crippen LogP contribution in [0.2, 0.25) is 0 Å². The van der Waals surface area contributed by atoms with Gasteiger partial charge in [0.1, 0.15) is 5.60 Å². The number of hydrogen-bond acceptors (Lipinski definition) is 3. The minimum absolute atomic E-state index is 0.0280. The first-order valence-corrected chi connectivity index (χ1v) is 8.44. The van der Waals surface area contributed by atoms with Crippen LogP contribution in [0.4, 0.5) is 0 Å². The van der Waals surface area contributed by atoms with Gasteiger partial charge in [0.25, 0.3) is 0 Å². The van der Waals surface area contributed by atoms with Crippen LogP contribution in [0, 0.1) is 11.8 Å². The van der Waals surface area contributed by atoms with Crippen molar-refractivity contribution in [3.63, 3.8) is 0 Å². The second-order valence-corrected chi connectivity index (χ2v) is 7.51. The summed E-state index contributed by atoms with van der Waals surface area (Å²) >= 11 is 0. The molecule has 1 saturated heterocycles. The van der Waals surface area contributed by atoms with Crippen molar-refractivity contribution in [1.29, 1.82) is 0 Å². The van der Waals surface area contributed by atoms with Gasteiger partial charge in [0.15, 0.2) is 5.78 Å². The van der Waals surface area contributed by atoms with Gasteiger partial charge in [-0.3, -0.25) is 4.79 Å². The summed E-state index contributed by atoms with van der Waals surface area (Å²) in [7, 11) is 0. The normalized spacial score (nSPS) is 40.9. The average molecular weight is 280 g/mol. The van der Waals surface area contributed by atoms with Gasteiger partial charge in [0.05, 0.1) is 5.60 Å². The highest BCUT2D eigenvalue weighted by Crippen LogP contribution is 2.44. The number of hydrogen-bond donors (Lipinski definition) is 1. The molecule has 1 aliphatic heterocycles. The second-order valence-electron chi connectivity index (χ2n) is 7.51. The Bertz CT molecular complexity index is 362. The lowest BCUT2D eigenvalue weighted by atomic mass is 9.71. The van der Waals surface area contributed by atoms with Gasteiger partial charge in [-0.2, -0.15) is 0 Å². The molecule has 3 heteroatoms. The fraction of sp³-hybridized carbons (Fsp3) is 0.941. The molecule has 0 aromatic heterocycles. The molecule has 3 aliphatic rings. The number of carbonyl (C=O) groups excluding carboxylic acids is 1. The Kier molecular flexibility index (Phi) is 3.93. The summed E-state index contributed by atoms with van der Waals surface area (Å²) in [5, 5.41) is 10.8. The average Bonchev–Trinajstić information content (AvgIpc) is 2.89. The van der Waals surface area contributed by atoms with Crippen molar-refractivity contribution in [2.24, 2.45) is 11.8 Å². The number of Topliss-reactive ketones (excluding diaryl/α,β-unsaturated/α-hetero) is 1. The molecule has 0 bridgehead atoms. The first kappa shape index (κ1) is 14.5. The third-order valence-corrected chi connectivity index (χ3v) is 5.94. The van der Waals surface area contributed by atoms with Crippen molar-refractivity contribution >= 4 is 5.78 Å². The zero-order valence-electron chi connectivity index (χ0n) is 12.7. The number of aliphatic hydroxyl groups is 1. The van der Waals surface area contributed by atoms with E-state index in [1.807, 2.05) is 0 Å². The fourth-order valence-electron chi connectivity index (χ4n) is 4.49. The first-order valence-electron chi connectivity index (χ1n) is 8.44. The maximum Gasteiger partial charge on any atom is 0.167 e. The predicted molar refractivity (Wildman–Crippen MR) is 77.5 cm³/mol. The van der Waals surface area contributed by atoms with E-state index in [4.69, 9.17) is 4.74 Å². The van der Waals surface area contributed by atoms with Crippen molar-refractivity contribution in [2.75, 3.05) is 6.61 Å². The van der Waals surface area contributed by atoms with Crippen LogP contribution in [-0.4, -0.2) is 28.7 Å². The third-order valence-electron chi connectivity index (χ3n) is 5.94. The van der Waals surface area contributed by atoms with Crippen LogP contribution in [-0.2, 0) is 9.53 Å². The molecule has 20 heavy (non-hydrogen) atoms. The van der Waals surface area contributed by atoms with Gasteiger partial charge in [-0.05, 0) is 57.3 Å². The molecule has 1 spiro atoms. The number of rotatable bonds is 2. The van der Waals surface area contributed by atoms with Gasteiger partial charge in [-0.25, -0.2) is 0 Å². The molecular formula is C17H28O3. The summed E-state index contributed by atoms with van der Waals surface area (Å²) in [4.78, 5) is 12.8. The molecule has 2 saturated carbocycles. The zero-order valence-corrected chi connectivity index (χ0v) is 12.7. The molecule has 0 amide bonds. The van der Waals surface area contributed by atoms with Crippen molar-refractivity contribution in [3.8, 4) is 0 Å². The Balaban J connectivity index is 1.67. The Morgan fingerprint density at radius 1 is 1.10 bits per heavy atom. The van der Waals surface area contributed by atoms with Crippen LogP contribution in [0.3, 0.4) is 0 Å². The van der Waals surface area contributed by atoms with Crippen molar-refractivity contribution in [2.45, 2.75) is 82.3 Å². The van der Waals surface area contributed by atoms with E-state index >= 15 is 0 Å². The molecular weight excluding hydrogens is 252 g/mol. The smallest absolute Gasteiger partial charge is 0.167 e. The monoisotopic (exact) mass is 280 g/mol. The van der Waals surface area contributed by atoms with Gasteiger partial charge in [-0.1, -0.05) is 19.8 Å². The van der Waals surface area contributed by atoms with E-state index < -0.39 is 5.60 Å². The van der Waals surface area contributed by atoms with E-state index in [0.717, 1.165) is 38.5 Å². The van der Waals surface area contributed by atoms with E-state index in [0.29, 0.717) is 25.4 Å². The van der Waals surface area contributed by atoms with Crippen LogP contribution < -0.4 is 0 Å². The Labute approximate surface area is 122 Å². The van der Waals surface area contributed by atoms with E-state index in [-0.39, 0.29) is 17.3 Å². The fourth-order valence-corrected chi connectivity index (χ4v) is 4.49. The summed E-state index contributed by atoms with van der Waals surface area (Å²) < 4.78 is 6.01. The van der Waals surface area contributed by atoms with Crippen molar-refractivity contribution < 1.29 is 14.6 Å². The molecule has 0 aromatic carbocycles. The molecule has 0 aromatic rings. The quantitative estimate of drug-likeness (QED) is 0.844. The van der Waals surface area contributed by atoms with Crippen LogP contribution in [0.25, 0.3) is 0 Å². The van der Waals surface area contributed by atoms with E-state index in [2.05, 4.69) is 6.92 Å². The Morgan fingerprint density at radius 3 is 2.40 bits per heavy atom. The molecule has 1 heterocycles. The lowest BCUT2D eigenvalue weighted by molar-refractivity contribution is -0.157. The third kappa shape index (κ3) is 2.67. The molecule has 0 radical (unpaired) electrons. The molecule has 114 valence electrons. The van der Waals surface area contributed by atoms with Gasteiger partial charge < -0.3 is 9.84 Å². The lowest BCUT2D eigenvalue weighted by Gasteiger charge is -2.42. The molecule has 3 rings (SSSR count). The maximum atomic E-state index is 12.8. The summed E-state index contributed by atoms with van der Waals surface area (Å²) in [6, 6.07) is 0. The van der Waals surface area contributed by atoms with E-state index in [1.54, 1.807) is 0 Å². The van der Waals surface area contributed by atoms with Gasteiger partial charge in [0, 0.05) is 12.5 Å².